The maximum Gasteiger partial charge on any atom is 0.205 e. The van der Waals surface area contributed by atoms with Crippen molar-refractivity contribution < 1.29 is 4.79 Å². The van der Waals surface area contributed by atoms with E-state index in [-0.39, 0.29) is 11.7 Å². The minimum absolute atomic E-state index is 0.00166. The van der Waals surface area contributed by atoms with Crippen LogP contribution in [0.1, 0.15) is 44.3 Å². The van der Waals surface area contributed by atoms with Gasteiger partial charge in [0, 0.05) is 23.5 Å². The molecule has 0 saturated heterocycles. The highest BCUT2D eigenvalue weighted by molar-refractivity contribution is 7.18. The third-order valence-corrected chi connectivity index (χ3v) is 8.58. The van der Waals surface area contributed by atoms with Gasteiger partial charge in [0.2, 0.25) is 5.78 Å². The molecule has 6 aromatic rings. The monoisotopic (exact) mass is 508 g/mol. The van der Waals surface area contributed by atoms with Crippen LogP contribution in [0.15, 0.2) is 120 Å². The molecule has 1 aliphatic heterocycles. The molecule has 1 atom stereocenters. The summed E-state index contributed by atoms with van der Waals surface area (Å²) in [7, 11) is 0. The molecule has 0 saturated carbocycles. The minimum atomic E-state index is -0.0548. The zero-order chi connectivity index (χ0) is 25.6. The first-order valence-corrected chi connectivity index (χ1v) is 13.6. The Labute approximate surface area is 224 Å². The maximum atomic E-state index is 13.8. The largest absolute Gasteiger partial charge is 0.397 e. The lowest BCUT2D eigenvalue weighted by Gasteiger charge is -2.25. The first-order chi connectivity index (χ1) is 18.7. The molecule has 0 amide bonds. The van der Waals surface area contributed by atoms with Crippen LogP contribution in [-0.4, -0.2) is 11.5 Å². The third-order valence-electron chi connectivity index (χ3n) is 7.47. The van der Waals surface area contributed by atoms with Crippen molar-refractivity contribution >= 4 is 55.1 Å². The van der Waals surface area contributed by atoms with Crippen molar-refractivity contribution in [2.45, 2.75) is 12.3 Å². The highest BCUT2D eigenvalue weighted by Gasteiger charge is 2.33. The van der Waals surface area contributed by atoms with Crippen LogP contribution in [0.3, 0.4) is 0 Å². The summed E-state index contributed by atoms with van der Waals surface area (Å²) in [5, 5.41) is 5.37. The van der Waals surface area contributed by atoms with Crippen molar-refractivity contribution in [2.75, 3.05) is 5.73 Å². The van der Waals surface area contributed by atoms with Gasteiger partial charge in [-0.2, -0.15) is 0 Å². The molecule has 2 N–H and O–H groups in total. The van der Waals surface area contributed by atoms with Gasteiger partial charge in [0.15, 0.2) is 0 Å². The summed E-state index contributed by atoms with van der Waals surface area (Å²) in [6, 6.07) is 39.1. The Kier molecular flexibility index (Phi) is 5.41. The Morgan fingerprint density at radius 3 is 2.32 bits per heavy atom. The molecule has 1 aliphatic rings. The van der Waals surface area contributed by atoms with Crippen LogP contribution in [-0.2, 0) is 0 Å². The van der Waals surface area contributed by atoms with E-state index in [1.807, 2.05) is 54.6 Å². The summed E-state index contributed by atoms with van der Waals surface area (Å²) < 4.78 is 0. The Hall–Kier alpha value is -4.54. The quantitative estimate of drug-likeness (QED) is 0.243. The number of hydrogen-bond donors (Lipinski definition) is 1. The molecule has 0 radical (unpaired) electrons. The SMILES string of the molecule is Nc1c(C(=O)c2ccc3ccccc3c2)sc2c1C(c1cccc3ccccc13)CC(c1ccccc1)=N2. The number of aliphatic imine (C=N–C) groups is 1. The van der Waals surface area contributed by atoms with Gasteiger partial charge in [-0.05, 0) is 38.7 Å². The fraction of sp³-hybridized carbons (Fsp3) is 0.0588. The van der Waals surface area contributed by atoms with Crippen molar-refractivity contribution in [3.8, 4) is 0 Å². The van der Waals surface area contributed by atoms with Crippen LogP contribution in [0, 0.1) is 0 Å². The molecular formula is C34H24N2OS. The molecule has 4 heteroatoms. The second kappa shape index (κ2) is 9.09. The van der Waals surface area contributed by atoms with Crippen molar-refractivity contribution in [3.05, 3.63) is 142 Å². The lowest BCUT2D eigenvalue weighted by Crippen LogP contribution is -2.15. The number of rotatable bonds is 4. The van der Waals surface area contributed by atoms with Crippen molar-refractivity contribution in [2.24, 2.45) is 4.99 Å². The first kappa shape index (κ1) is 22.6. The first-order valence-electron chi connectivity index (χ1n) is 12.7. The number of thiophene rings is 1. The van der Waals surface area contributed by atoms with Gasteiger partial charge in [0.25, 0.3) is 0 Å². The van der Waals surface area contributed by atoms with Gasteiger partial charge in [-0.3, -0.25) is 4.79 Å². The van der Waals surface area contributed by atoms with E-state index in [1.54, 1.807) is 0 Å². The Balaban J connectivity index is 1.41. The van der Waals surface area contributed by atoms with Crippen LogP contribution < -0.4 is 5.73 Å². The van der Waals surface area contributed by atoms with Crippen LogP contribution in [0.5, 0.6) is 0 Å². The average molecular weight is 509 g/mol. The molecule has 2 heterocycles. The Morgan fingerprint density at radius 1 is 0.763 bits per heavy atom. The number of anilines is 1. The van der Waals surface area contributed by atoms with Gasteiger partial charge < -0.3 is 5.73 Å². The van der Waals surface area contributed by atoms with Gasteiger partial charge in [-0.15, -0.1) is 11.3 Å². The second-order valence-electron chi connectivity index (χ2n) is 9.70. The summed E-state index contributed by atoms with van der Waals surface area (Å²) in [4.78, 5) is 19.5. The van der Waals surface area contributed by atoms with Crippen LogP contribution >= 0.6 is 11.3 Å². The Morgan fingerprint density at radius 2 is 1.47 bits per heavy atom. The smallest absolute Gasteiger partial charge is 0.205 e. The topological polar surface area (TPSA) is 55.5 Å². The molecule has 1 unspecified atom stereocenters. The highest BCUT2D eigenvalue weighted by atomic mass is 32.1. The second-order valence-corrected chi connectivity index (χ2v) is 10.7. The minimum Gasteiger partial charge on any atom is -0.397 e. The van der Waals surface area contributed by atoms with E-state index in [4.69, 9.17) is 10.7 Å². The van der Waals surface area contributed by atoms with Crippen molar-refractivity contribution in [3.63, 3.8) is 0 Å². The summed E-state index contributed by atoms with van der Waals surface area (Å²) in [5.41, 5.74) is 12.3. The summed E-state index contributed by atoms with van der Waals surface area (Å²) in [6.45, 7) is 0. The van der Waals surface area contributed by atoms with Gasteiger partial charge in [-0.1, -0.05) is 109 Å². The summed E-state index contributed by atoms with van der Waals surface area (Å²) >= 11 is 1.41. The maximum absolute atomic E-state index is 13.8. The van der Waals surface area contributed by atoms with E-state index in [1.165, 1.54) is 27.7 Å². The molecule has 7 rings (SSSR count). The molecule has 0 fully saturated rings. The van der Waals surface area contributed by atoms with Gasteiger partial charge in [0.1, 0.15) is 9.88 Å². The van der Waals surface area contributed by atoms with Gasteiger partial charge in [0.05, 0.1) is 11.4 Å². The van der Waals surface area contributed by atoms with Crippen molar-refractivity contribution in [1.82, 2.24) is 0 Å². The number of benzene rings is 5. The standard InChI is InChI=1S/C34H24N2OS/c35-31-30-28(27-16-8-14-22-10-6-7-15-26(22)27)20-29(23-11-2-1-3-12-23)36-34(30)38-33(31)32(37)25-18-17-21-9-4-5-13-24(21)19-25/h1-19,28H,20,35H2. The number of nitrogens with two attached hydrogens (primary N) is 1. The molecule has 0 bridgehead atoms. The number of nitrogens with zero attached hydrogens (tertiary/aromatic N) is 1. The molecule has 1 aromatic heterocycles. The van der Waals surface area contributed by atoms with E-state index in [9.17, 15) is 4.79 Å². The number of carbonyl (C=O) groups excluding carboxylic acids is 1. The number of nitrogen functional groups attached to an aromatic ring is 1. The third kappa shape index (κ3) is 3.73. The van der Waals surface area contributed by atoms with E-state index < -0.39 is 0 Å². The van der Waals surface area contributed by atoms with E-state index in [0.29, 0.717) is 16.1 Å². The van der Waals surface area contributed by atoms with Gasteiger partial charge >= 0.3 is 0 Å². The van der Waals surface area contributed by atoms with Crippen LogP contribution in [0.25, 0.3) is 21.5 Å². The zero-order valence-electron chi connectivity index (χ0n) is 20.6. The van der Waals surface area contributed by atoms with E-state index in [0.717, 1.165) is 39.0 Å². The van der Waals surface area contributed by atoms with Gasteiger partial charge in [-0.25, -0.2) is 4.99 Å². The summed E-state index contributed by atoms with van der Waals surface area (Å²) in [5.74, 6) is -0.0565. The number of fused-ring (bicyclic) bond motifs is 3. The number of ketones is 1. The molecular weight excluding hydrogens is 484 g/mol. The van der Waals surface area contributed by atoms with E-state index >= 15 is 0 Å². The molecule has 0 aliphatic carbocycles. The average Bonchev–Trinajstić information content (AvgIpc) is 3.32. The van der Waals surface area contributed by atoms with E-state index in [2.05, 4.69) is 60.7 Å². The number of carbonyl (C=O) groups is 1. The normalized spacial score (nSPS) is 14.8. The fourth-order valence-electron chi connectivity index (χ4n) is 5.59. The predicted molar refractivity (Wildman–Crippen MR) is 159 cm³/mol. The molecule has 5 aromatic carbocycles. The Bertz CT molecular complexity index is 1880. The van der Waals surface area contributed by atoms with Crippen LogP contribution in [0.4, 0.5) is 10.7 Å². The lowest BCUT2D eigenvalue weighted by atomic mass is 9.81. The zero-order valence-corrected chi connectivity index (χ0v) is 21.4. The van der Waals surface area contributed by atoms with Crippen LogP contribution in [0.2, 0.25) is 0 Å². The molecule has 3 nitrogen and oxygen atoms in total. The summed E-state index contributed by atoms with van der Waals surface area (Å²) in [6.07, 6.45) is 0.718. The lowest BCUT2D eigenvalue weighted by molar-refractivity contribution is 0.104. The molecule has 182 valence electrons. The highest BCUT2D eigenvalue weighted by Crippen LogP contribution is 2.50. The van der Waals surface area contributed by atoms with Crippen molar-refractivity contribution in [1.29, 1.82) is 0 Å². The molecule has 0 spiro atoms. The number of hydrogen-bond acceptors (Lipinski definition) is 4. The fourth-order valence-corrected chi connectivity index (χ4v) is 6.73. The predicted octanol–water partition coefficient (Wildman–Crippen LogP) is 8.52. The molecule has 38 heavy (non-hydrogen) atoms.